The van der Waals surface area contributed by atoms with E-state index in [9.17, 15) is 14.7 Å². The van der Waals surface area contributed by atoms with Gasteiger partial charge >= 0.3 is 0 Å². The molecule has 1 fully saturated rings. The molecule has 0 aromatic heterocycles. The Hall–Kier alpha value is -1.14. The Morgan fingerprint density at radius 3 is 2.00 bits per heavy atom. The smallest absolute Gasteiger partial charge is 0.242 e. The van der Waals surface area contributed by atoms with Crippen molar-refractivity contribution in [1.82, 2.24) is 15.1 Å². The highest BCUT2D eigenvalue weighted by atomic mass is 16.3. The molecule has 1 rings (SSSR count). The lowest BCUT2D eigenvalue weighted by Gasteiger charge is -2.37. The van der Waals surface area contributed by atoms with E-state index in [1.165, 1.54) is 0 Å². The molecule has 0 atom stereocenters. The van der Waals surface area contributed by atoms with E-state index in [2.05, 4.69) is 10.2 Å². The lowest BCUT2D eigenvalue weighted by atomic mass is 9.96. The van der Waals surface area contributed by atoms with E-state index in [4.69, 9.17) is 0 Å². The molecule has 0 saturated carbocycles. The fraction of sp³-hybridized carbons (Fsp3) is 0.867. The van der Waals surface area contributed by atoms with Gasteiger partial charge in [0.05, 0.1) is 12.1 Å². The lowest BCUT2D eigenvalue weighted by Crippen LogP contribution is -2.54. The van der Waals surface area contributed by atoms with Gasteiger partial charge in [-0.3, -0.25) is 14.5 Å². The third-order valence-electron chi connectivity index (χ3n) is 3.42. The quantitative estimate of drug-likeness (QED) is 0.770. The number of hydrogen-bond donors (Lipinski definition) is 2. The van der Waals surface area contributed by atoms with Crippen LogP contribution in [0.15, 0.2) is 0 Å². The van der Waals surface area contributed by atoms with Gasteiger partial charge in [-0.1, -0.05) is 20.8 Å². The summed E-state index contributed by atoms with van der Waals surface area (Å²) in [4.78, 5) is 27.7. The van der Waals surface area contributed by atoms with E-state index in [0.717, 1.165) is 13.1 Å². The Kier molecular flexibility index (Phi) is 5.75. The van der Waals surface area contributed by atoms with Gasteiger partial charge in [0.15, 0.2) is 0 Å². The molecular formula is C15H29N3O3. The Balaban J connectivity index is 2.34. The van der Waals surface area contributed by atoms with Crippen LogP contribution >= 0.6 is 0 Å². The topological polar surface area (TPSA) is 72.9 Å². The van der Waals surface area contributed by atoms with Gasteiger partial charge in [0.25, 0.3) is 0 Å². The molecule has 21 heavy (non-hydrogen) atoms. The molecule has 6 nitrogen and oxygen atoms in total. The van der Waals surface area contributed by atoms with Crippen molar-refractivity contribution in [2.75, 3.05) is 39.3 Å². The average Bonchev–Trinajstić information content (AvgIpc) is 2.33. The van der Waals surface area contributed by atoms with Crippen LogP contribution in [0.3, 0.4) is 0 Å². The number of nitrogens with zero attached hydrogens (tertiary/aromatic N) is 2. The van der Waals surface area contributed by atoms with Crippen LogP contribution < -0.4 is 5.32 Å². The second-order valence-electron chi connectivity index (χ2n) is 7.40. The lowest BCUT2D eigenvalue weighted by molar-refractivity contribution is -0.136. The summed E-state index contributed by atoms with van der Waals surface area (Å²) in [6.45, 7) is 12.5. The molecule has 122 valence electrons. The van der Waals surface area contributed by atoms with Crippen LogP contribution in [-0.4, -0.2) is 71.6 Å². The molecule has 0 aliphatic carbocycles. The van der Waals surface area contributed by atoms with Crippen molar-refractivity contribution >= 4 is 11.8 Å². The maximum absolute atomic E-state index is 12.1. The van der Waals surface area contributed by atoms with Crippen molar-refractivity contribution < 1.29 is 14.7 Å². The third kappa shape index (κ3) is 6.44. The van der Waals surface area contributed by atoms with E-state index in [1.54, 1.807) is 18.7 Å². The number of rotatable bonds is 4. The monoisotopic (exact) mass is 299 g/mol. The van der Waals surface area contributed by atoms with E-state index in [0.29, 0.717) is 19.6 Å². The van der Waals surface area contributed by atoms with Gasteiger partial charge in [-0.15, -0.1) is 0 Å². The van der Waals surface area contributed by atoms with Gasteiger partial charge < -0.3 is 15.3 Å². The zero-order valence-corrected chi connectivity index (χ0v) is 13.9. The summed E-state index contributed by atoms with van der Waals surface area (Å²) in [7, 11) is 0. The molecule has 0 bridgehead atoms. The number of nitrogens with one attached hydrogen (secondary N) is 1. The van der Waals surface area contributed by atoms with E-state index in [-0.39, 0.29) is 18.4 Å². The van der Waals surface area contributed by atoms with Gasteiger partial charge in [0.2, 0.25) is 11.8 Å². The fourth-order valence-corrected chi connectivity index (χ4v) is 2.24. The van der Waals surface area contributed by atoms with Crippen LogP contribution in [0, 0.1) is 5.41 Å². The van der Waals surface area contributed by atoms with Crippen molar-refractivity contribution in [3.63, 3.8) is 0 Å². The minimum atomic E-state index is -0.715. The maximum atomic E-state index is 12.1. The maximum Gasteiger partial charge on any atom is 0.242 e. The number of β-amino-alcohol motifs (C(OH)–C–C–N with tert-alkyl or cyclic N) is 1. The molecule has 2 N–H and O–H groups in total. The minimum absolute atomic E-state index is 0.0458. The normalized spacial score (nSPS) is 17.7. The average molecular weight is 299 g/mol. The summed E-state index contributed by atoms with van der Waals surface area (Å²) in [5.41, 5.74) is -1.20. The zero-order chi connectivity index (χ0) is 16.3. The highest BCUT2D eigenvalue weighted by molar-refractivity contribution is 5.87. The fourth-order valence-electron chi connectivity index (χ4n) is 2.24. The van der Waals surface area contributed by atoms with Crippen molar-refractivity contribution in [2.45, 2.75) is 40.2 Å². The number of amides is 2. The predicted octanol–water partition coefficient (Wildman–Crippen LogP) is 0.0638. The summed E-state index contributed by atoms with van der Waals surface area (Å²) in [5, 5.41) is 12.5. The largest absolute Gasteiger partial charge is 0.389 e. The van der Waals surface area contributed by atoms with Gasteiger partial charge in [-0.25, -0.2) is 0 Å². The molecule has 0 spiro atoms. The molecule has 2 amide bonds. The Labute approximate surface area is 127 Å². The van der Waals surface area contributed by atoms with Gasteiger partial charge in [-0.05, 0) is 13.8 Å². The first-order valence-corrected chi connectivity index (χ1v) is 7.50. The van der Waals surface area contributed by atoms with Crippen LogP contribution in [0.1, 0.15) is 34.6 Å². The van der Waals surface area contributed by atoms with Crippen LogP contribution in [0.4, 0.5) is 0 Å². The summed E-state index contributed by atoms with van der Waals surface area (Å²) in [5.74, 6) is -0.160. The SMILES string of the molecule is CC(C)(O)CN1CCN(C(=O)CNC(=O)C(C)(C)C)CC1. The Bertz CT molecular complexity index is 375. The standard InChI is InChI=1S/C15H29N3O3/c1-14(2,3)13(20)16-10-12(19)18-8-6-17(7-9-18)11-15(4,5)21/h21H,6-11H2,1-5H3,(H,16,20). The number of hydrogen-bond acceptors (Lipinski definition) is 4. The first-order valence-electron chi connectivity index (χ1n) is 7.50. The Morgan fingerprint density at radius 1 is 1.05 bits per heavy atom. The second-order valence-corrected chi connectivity index (χ2v) is 7.40. The predicted molar refractivity (Wildman–Crippen MR) is 81.8 cm³/mol. The molecule has 0 radical (unpaired) electrons. The summed E-state index contributed by atoms with van der Waals surface area (Å²) in [6.07, 6.45) is 0. The highest BCUT2D eigenvalue weighted by Gasteiger charge is 2.26. The molecule has 1 heterocycles. The number of carbonyl (C=O) groups excluding carboxylic acids is 2. The van der Waals surface area contributed by atoms with Crippen LogP contribution in [-0.2, 0) is 9.59 Å². The molecule has 1 aliphatic heterocycles. The molecule has 1 aliphatic rings. The number of piperazine rings is 1. The summed E-state index contributed by atoms with van der Waals surface area (Å²) < 4.78 is 0. The molecule has 0 unspecified atom stereocenters. The summed E-state index contributed by atoms with van der Waals surface area (Å²) >= 11 is 0. The van der Waals surface area contributed by atoms with Gasteiger partial charge in [0.1, 0.15) is 0 Å². The first kappa shape index (κ1) is 17.9. The second kappa shape index (κ2) is 6.75. The van der Waals surface area contributed by atoms with Crippen LogP contribution in [0.25, 0.3) is 0 Å². The van der Waals surface area contributed by atoms with E-state index < -0.39 is 11.0 Å². The minimum Gasteiger partial charge on any atom is -0.389 e. The molecule has 0 aromatic rings. The van der Waals surface area contributed by atoms with Gasteiger partial charge in [-0.2, -0.15) is 0 Å². The van der Waals surface area contributed by atoms with E-state index >= 15 is 0 Å². The van der Waals surface area contributed by atoms with Crippen molar-refractivity contribution in [3.05, 3.63) is 0 Å². The summed E-state index contributed by atoms with van der Waals surface area (Å²) in [6, 6.07) is 0. The van der Waals surface area contributed by atoms with Crippen molar-refractivity contribution in [2.24, 2.45) is 5.41 Å². The Morgan fingerprint density at radius 2 is 1.57 bits per heavy atom. The third-order valence-corrected chi connectivity index (χ3v) is 3.42. The van der Waals surface area contributed by atoms with E-state index in [1.807, 2.05) is 20.8 Å². The van der Waals surface area contributed by atoms with Crippen LogP contribution in [0.5, 0.6) is 0 Å². The first-order chi connectivity index (χ1) is 9.49. The molecular weight excluding hydrogens is 270 g/mol. The van der Waals surface area contributed by atoms with Crippen LogP contribution in [0.2, 0.25) is 0 Å². The molecule has 6 heteroatoms. The zero-order valence-electron chi connectivity index (χ0n) is 13.9. The van der Waals surface area contributed by atoms with Gasteiger partial charge in [0, 0.05) is 38.1 Å². The molecule has 0 aromatic carbocycles. The highest BCUT2D eigenvalue weighted by Crippen LogP contribution is 2.12. The van der Waals surface area contributed by atoms with Crippen molar-refractivity contribution in [3.8, 4) is 0 Å². The number of carbonyl (C=O) groups is 2. The molecule has 1 saturated heterocycles. The van der Waals surface area contributed by atoms with Crippen molar-refractivity contribution in [1.29, 1.82) is 0 Å². The number of aliphatic hydroxyl groups is 1.